The number of aromatic amines is 1. The molecule has 0 fully saturated rings. The third-order valence-corrected chi connectivity index (χ3v) is 3.24. The summed E-state index contributed by atoms with van der Waals surface area (Å²) in [6, 6.07) is 11.4. The first-order chi connectivity index (χ1) is 11.8. The number of nitrogens with one attached hydrogen (secondary N) is 2. The number of rotatable bonds is 4. The van der Waals surface area contributed by atoms with Crippen molar-refractivity contribution < 1.29 is 9.53 Å². The predicted octanol–water partition coefficient (Wildman–Crippen LogP) is 2.63. The van der Waals surface area contributed by atoms with Gasteiger partial charge in [-0.1, -0.05) is 42.2 Å². The third kappa shape index (κ3) is 4.34. The summed E-state index contributed by atoms with van der Waals surface area (Å²) in [6.45, 7) is 0.689. The molecule has 6 nitrogen and oxygen atoms in total. The lowest BCUT2D eigenvalue weighted by molar-refractivity contribution is 0.140. The van der Waals surface area contributed by atoms with Crippen molar-refractivity contribution in [1.29, 1.82) is 0 Å². The molecule has 1 amide bonds. The third-order valence-electron chi connectivity index (χ3n) is 3.24. The lowest BCUT2D eigenvalue weighted by Crippen LogP contribution is -2.24. The fraction of sp³-hybridized carbons (Fsp3) is 0.167. The maximum atomic E-state index is 11.6. The molecule has 3 rings (SSSR count). The van der Waals surface area contributed by atoms with Crippen LogP contribution in [0.4, 0.5) is 4.79 Å². The number of carbonyl (C=O) groups is 1. The second kappa shape index (κ2) is 7.79. The van der Waals surface area contributed by atoms with E-state index < -0.39 is 6.09 Å². The zero-order chi connectivity index (χ0) is 16.6. The van der Waals surface area contributed by atoms with Crippen molar-refractivity contribution in [2.45, 2.75) is 13.0 Å². The van der Waals surface area contributed by atoms with E-state index in [-0.39, 0.29) is 6.61 Å². The van der Waals surface area contributed by atoms with Crippen molar-refractivity contribution >= 4 is 17.3 Å². The highest BCUT2D eigenvalue weighted by Gasteiger charge is 2.01. The minimum Gasteiger partial charge on any atom is -0.445 e. The highest BCUT2D eigenvalue weighted by molar-refractivity contribution is 5.71. The fourth-order valence-electron chi connectivity index (χ4n) is 2.06. The summed E-state index contributed by atoms with van der Waals surface area (Å²) in [5, 5.41) is 2.67. The number of carbonyl (C=O) groups excluding carboxylic acids is 1. The van der Waals surface area contributed by atoms with E-state index >= 15 is 0 Å². The van der Waals surface area contributed by atoms with E-state index in [1.165, 1.54) is 0 Å². The minimum absolute atomic E-state index is 0.258. The van der Waals surface area contributed by atoms with Crippen LogP contribution in [0.5, 0.6) is 0 Å². The number of alkyl carbamates (subject to hydrolysis) is 1. The van der Waals surface area contributed by atoms with Crippen molar-refractivity contribution in [2.75, 3.05) is 6.54 Å². The SMILES string of the molecule is O=C(NCCC#Cc1cnc2nc[nH]c2c1)OCc1ccccc1. The highest BCUT2D eigenvalue weighted by atomic mass is 16.5. The number of fused-ring (bicyclic) bond motifs is 1. The summed E-state index contributed by atoms with van der Waals surface area (Å²) in [5.74, 6) is 6.00. The van der Waals surface area contributed by atoms with Gasteiger partial charge < -0.3 is 15.0 Å². The molecule has 120 valence electrons. The number of aromatic nitrogens is 3. The maximum absolute atomic E-state index is 11.6. The first kappa shape index (κ1) is 15.6. The van der Waals surface area contributed by atoms with Gasteiger partial charge in [0.2, 0.25) is 0 Å². The topological polar surface area (TPSA) is 79.9 Å². The molecule has 0 aliphatic rings. The number of hydrogen-bond donors (Lipinski definition) is 2. The van der Waals surface area contributed by atoms with Crippen LogP contribution in [0.1, 0.15) is 17.5 Å². The number of H-pyrrole nitrogens is 1. The Morgan fingerprint density at radius 1 is 1.25 bits per heavy atom. The largest absolute Gasteiger partial charge is 0.445 e. The average molecular weight is 320 g/mol. The molecular formula is C18H16N4O2. The Morgan fingerprint density at radius 3 is 3.00 bits per heavy atom. The molecule has 0 atom stereocenters. The van der Waals surface area contributed by atoms with E-state index in [9.17, 15) is 4.79 Å². The Bertz CT molecular complexity index is 878. The quantitative estimate of drug-likeness (QED) is 0.572. The van der Waals surface area contributed by atoms with Gasteiger partial charge in [0.1, 0.15) is 6.61 Å². The van der Waals surface area contributed by atoms with E-state index in [1.54, 1.807) is 12.5 Å². The summed E-state index contributed by atoms with van der Waals surface area (Å²) < 4.78 is 5.11. The molecule has 1 aromatic carbocycles. The molecule has 24 heavy (non-hydrogen) atoms. The first-order valence-electron chi connectivity index (χ1n) is 7.54. The van der Waals surface area contributed by atoms with Crippen LogP contribution in [0.2, 0.25) is 0 Å². The van der Waals surface area contributed by atoms with E-state index in [0.29, 0.717) is 18.6 Å². The van der Waals surface area contributed by atoms with Gasteiger partial charge in [0.15, 0.2) is 5.65 Å². The van der Waals surface area contributed by atoms with Gasteiger partial charge in [-0.25, -0.2) is 14.8 Å². The zero-order valence-electron chi connectivity index (χ0n) is 13.0. The van der Waals surface area contributed by atoms with Gasteiger partial charge in [0.25, 0.3) is 0 Å². The van der Waals surface area contributed by atoms with E-state index in [4.69, 9.17) is 4.74 Å². The van der Waals surface area contributed by atoms with E-state index in [1.807, 2.05) is 36.4 Å². The lowest BCUT2D eigenvalue weighted by Gasteiger charge is -2.05. The molecule has 2 aromatic heterocycles. The van der Waals surface area contributed by atoms with Gasteiger partial charge in [-0.3, -0.25) is 0 Å². The highest BCUT2D eigenvalue weighted by Crippen LogP contribution is 2.07. The summed E-state index contributed by atoms with van der Waals surface area (Å²) in [6.07, 6.45) is 3.36. The number of imidazole rings is 1. The van der Waals surface area contributed by atoms with Gasteiger partial charge in [-0.2, -0.15) is 0 Å². The molecule has 0 aliphatic carbocycles. The summed E-state index contributed by atoms with van der Waals surface area (Å²) in [5.41, 5.74) is 3.28. The van der Waals surface area contributed by atoms with Gasteiger partial charge in [0.05, 0.1) is 11.8 Å². The molecule has 0 aliphatic heterocycles. The molecule has 0 radical (unpaired) electrons. The number of hydrogen-bond acceptors (Lipinski definition) is 4. The van der Waals surface area contributed by atoms with Crippen molar-refractivity contribution in [3.63, 3.8) is 0 Å². The molecule has 0 bridgehead atoms. The van der Waals surface area contributed by atoms with Gasteiger partial charge in [-0.05, 0) is 11.6 Å². The molecule has 0 saturated heterocycles. The average Bonchev–Trinajstić information content (AvgIpc) is 3.08. The number of nitrogens with zero attached hydrogens (tertiary/aromatic N) is 2. The van der Waals surface area contributed by atoms with Crippen molar-refractivity contribution in [3.05, 3.63) is 60.0 Å². The molecule has 2 heterocycles. The molecule has 0 spiro atoms. The van der Waals surface area contributed by atoms with Crippen LogP contribution in [0.15, 0.2) is 48.9 Å². The second-order valence-electron chi connectivity index (χ2n) is 5.04. The van der Waals surface area contributed by atoms with Gasteiger partial charge in [0, 0.05) is 24.7 Å². The number of amides is 1. The Hall–Kier alpha value is -3.33. The number of ether oxygens (including phenoxy) is 1. The van der Waals surface area contributed by atoms with Gasteiger partial charge >= 0.3 is 6.09 Å². The maximum Gasteiger partial charge on any atom is 0.407 e. The summed E-state index contributed by atoms with van der Waals surface area (Å²) in [4.78, 5) is 22.8. The van der Waals surface area contributed by atoms with Crippen LogP contribution >= 0.6 is 0 Å². The van der Waals surface area contributed by atoms with Crippen molar-refractivity contribution in [2.24, 2.45) is 0 Å². The monoisotopic (exact) mass is 320 g/mol. The minimum atomic E-state index is -0.443. The zero-order valence-corrected chi connectivity index (χ0v) is 13.0. The van der Waals surface area contributed by atoms with Crippen LogP contribution in [-0.2, 0) is 11.3 Å². The Morgan fingerprint density at radius 2 is 2.12 bits per heavy atom. The number of pyridine rings is 1. The van der Waals surface area contributed by atoms with Gasteiger partial charge in [-0.15, -0.1) is 0 Å². The molecule has 0 unspecified atom stereocenters. The lowest BCUT2D eigenvalue weighted by atomic mass is 10.2. The van der Waals surface area contributed by atoms with Crippen LogP contribution in [0.25, 0.3) is 11.2 Å². The van der Waals surface area contributed by atoms with Crippen LogP contribution in [0, 0.1) is 11.8 Å². The number of benzene rings is 1. The molecule has 0 saturated carbocycles. The Balaban J connectivity index is 1.39. The summed E-state index contributed by atoms with van der Waals surface area (Å²) in [7, 11) is 0. The first-order valence-corrected chi connectivity index (χ1v) is 7.54. The fourth-order valence-corrected chi connectivity index (χ4v) is 2.06. The van der Waals surface area contributed by atoms with Crippen LogP contribution in [-0.4, -0.2) is 27.6 Å². The standard InChI is InChI=1S/C18H16N4O2/c23-18(24-12-14-6-2-1-3-7-14)19-9-5-4-8-15-10-16-17(20-11-15)22-13-21-16/h1-3,6-7,10-11,13H,5,9,12H2,(H,19,23)(H,20,21,22). The Kier molecular flexibility index (Phi) is 5.05. The predicted molar refractivity (Wildman–Crippen MR) is 90.0 cm³/mol. The summed E-state index contributed by atoms with van der Waals surface area (Å²) >= 11 is 0. The smallest absolute Gasteiger partial charge is 0.407 e. The molecule has 2 N–H and O–H groups in total. The van der Waals surface area contributed by atoms with Crippen molar-refractivity contribution in [1.82, 2.24) is 20.3 Å². The molecular weight excluding hydrogens is 304 g/mol. The molecule has 3 aromatic rings. The van der Waals surface area contributed by atoms with E-state index in [0.717, 1.165) is 16.6 Å². The van der Waals surface area contributed by atoms with E-state index in [2.05, 4.69) is 32.1 Å². The van der Waals surface area contributed by atoms with Crippen LogP contribution in [0.3, 0.4) is 0 Å². The Labute approximate surface area is 139 Å². The molecule has 6 heteroatoms. The second-order valence-corrected chi connectivity index (χ2v) is 5.04. The normalized spacial score (nSPS) is 10.0. The van der Waals surface area contributed by atoms with Crippen LogP contribution < -0.4 is 5.32 Å². The van der Waals surface area contributed by atoms with Crippen molar-refractivity contribution in [3.8, 4) is 11.8 Å².